The number of rotatable bonds is 2. The highest BCUT2D eigenvalue weighted by atomic mass is 35.5. The molecule has 0 spiro atoms. The molecule has 0 bridgehead atoms. The summed E-state index contributed by atoms with van der Waals surface area (Å²) in [5, 5.41) is 0. The van der Waals surface area contributed by atoms with Crippen LogP contribution in [0.4, 0.5) is 0 Å². The Kier molecular flexibility index (Phi) is 1.65. The van der Waals surface area contributed by atoms with E-state index in [-0.39, 0.29) is 0 Å². The molecular weight excluding hydrogens is 148 g/mol. The SMILES string of the molecule is ClCC1(C2CCC2)COC1. The zero-order valence-electron chi connectivity index (χ0n) is 6.11. The summed E-state index contributed by atoms with van der Waals surface area (Å²) in [6, 6.07) is 0. The molecule has 0 aromatic rings. The van der Waals surface area contributed by atoms with Crippen LogP contribution in [0, 0.1) is 11.3 Å². The van der Waals surface area contributed by atoms with Crippen molar-refractivity contribution < 1.29 is 4.74 Å². The molecule has 0 unspecified atom stereocenters. The number of halogens is 1. The van der Waals surface area contributed by atoms with Gasteiger partial charge in [-0.2, -0.15) is 0 Å². The van der Waals surface area contributed by atoms with Crippen LogP contribution >= 0.6 is 11.6 Å². The lowest BCUT2D eigenvalue weighted by atomic mass is 9.65. The van der Waals surface area contributed by atoms with Crippen LogP contribution in [0.1, 0.15) is 19.3 Å². The first-order valence-electron chi connectivity index (χ1n) is 4.01. The number of alkyl halides is 1. The van der Waals surface area contributed by atoms with Gasteiger partial charge in [0.2, 0.25) is 0 Å². The molecule has 1 heterocycles. The third kappa shape index (κ3) is 0.802. The van der Waals surface area contributed by atoms with Crippen LogP contribution in [0.3, 0.4) is 0 Å². The highest BCUT2D eigenvalue weighted by Gasteiger charge is 2.46. The summed E-state index contributed by atoms with van der Waals surface area (Å²) < 4.78 is 5.20. The zero-order valence-corrected chi connectivity index (χ0v) is 6.86. The van der Waals surface area contributed by atoms with Crippen LogP contribution in [0.2, 0.25) is 0 Å². The van der Waals surface area contributed by atoms with E-state index in [2.05, 4.69) is 0 Å². The Hall–Kier alpha value is 0.250. The Labute approximate surface area is 66.7 Å². The second kappa shape index (κ2) is 2.38. The fourth-order valence-corrected chi connectivity index (χ4v) is 2.18. The van der Waals surface area contributed by atoms with Crippen LogP contribution < -0.4 is 0 Å². The van der Waals surface area contributed by atoms with E-state index in [1.54, 1.807) is 0 Å². The molecule has 10 heavy (non-hydrogen) atoms. The van der Waals surface area contributed by atoms with Gasteiger partial charge in [0.1, 0.15) is 0 Å². The molecule has 2 fully saturated rings. The molecule has 0 aromatic heterocycles. The Morgan fingerprint density at radius 2 is 2.10 bits per heavy atom. The van der Waals surface area contributed by atoms with Crippen molar-refractivity contribution in [2.24, 2.45) is 11.3 Å². The average molecular weight is 161 g/mol. The molecule has 0 aromatic carbocycles. The lowest BCUT2D eigenvalue weighted by molar-refractivity contribution is -0.148. The van der Waals surface area contributed by atoms with E-state index in [1.165, 1.54) is 19.3 Å². The minimum atomic E-state index is 0.403. The molecule has 0 amide bonds. The number of ether oxygens (including phenoxy) is 1. The van der Waals surface area contributed by atoms with Crippen molar-refractivity contribution in [3.05, 3.63) is 0 Å². The second-order valence-electron chi connectivity index (χ2n) is 3.62. The van der Waals surface area contributed by atoms with E-state index in [9.17, 15) is 0 Å². The van der Waals surface area contributed by atoms with Crippen molar-refractivity contribution in [2.75, 3.05) is 19.1 Å². The second-order valence-corrected chi connectivity index (χ2v) is 3.88. The number of hydrogen-bond acceptors (Lipinski definition) is 1. The molecule has 0 N–H and O–H groups in total. The van der Waals surface area contributed by atoms with E-state index in [0.29, 0.717) is 5.41 Å². The average Bonchev–Trinajstić information content (AvgIpc) is 1.73. The van der Waals surface area contributed by atoms with Gasteiger partial charge in [0.05, 0.1) is 13.2 Å². The normalized spacial score (nSPS) is 30.9. The maximum atomic E-state index is 5.89. The first-order valence-corrected chi connectivity index (χ1v) is 4.54. The molecule has 0 atom stereocenters. The Balaban J connectivity index is 1.96. The molecule has 0 radical (unpaired) electrons. The molecule has 2 heteroatoms. The van der Waals surface area contributed by atoms with Gasteiger partial charge in [-0.25, -0.2) is 0 Å². The highest BCUT2D eigenvalue weighted by molar-refractivity contribution is 6.18. The van der Waals surface area contributed by atoms with E-state index < -0.39 is 0 Å². The maximum Gasteiger partial charge on any atom is 0.0559 e. The Bertz CT molecular complexity index is 122. The van der Waals surface area contributed by atoms with Gasteiger partial charge in [-0.3, -0.25) is 0 Å². The van der Waals surface area contributed by atoms with Crippen molar-refractivity contribution in [3.63, 3.8) is 0 Å². The van der Waals surface area contributed by atoms with Gasteiger partial charge in [-0.15, -0.1) is 11.6 Å². The quantitative estimate of drug-likeness (QED) is 0.562. The van der Waals surface area contributed by atoms with E-state index in [0.717, 1.165) is 25.0 Å². The fraction of sp³-hybridized carbons (Fsp3) is 1.00. The van der Waals surface area contributed by atoms with Crippen molar-refractivity contribution in [2.45, 2.75) is 19.3 Å². The Morgan fingerprint density at radius 3 is 2.20 bits per heavy atom. The van der Waals surface area contributed by atoms with E-state index >= 15 is 0 Å². The van der Waals surface area contributed by atoms with Crippen molar-refractivity contribution in [3.8, 4) is 0 Å². The summed E-state index contributed by atoms with van der Waals surface area (Å²) >= 11 is 5.89. The van der Waals surface area contributed by atoms with Gasteiger partial charge < -0.3 is 4.74 Å². The van der Waals surface area contributed by atoms with E-state index in [1.807, 2.05) is 0 Å². The first kappa shape index (κ1) is 6.93. The predicted octanol–water partition coefficient (Wildman–Crippen LogP) is 2.04. The topological polar surface area (TPSA) is 9.23 Å². The van der Waals surface area contributed by atoms with Crippen LogP contribution in [0.15, 0.2) is 0 Å². The summed E-state index contributed by atoms with van der Waals surface area (Å²) in [5.41, 5.74) is 0.403. The largest absolute Gasteiger partial charge is 0.380 e. The predicted molar refractivity (Wildman–Crippen MR) is 41.3 cm³/mol. The summed E-state index contributed by atoms with van der Waals surface area (Å²) in [4.78, 5) is 0. The smallest absolute Gasteiger partial charge is 0.0559 e. The Morgan fingerprint density at radius 1 is 1.40 bits per heavy atom. The standard InChI is InChI=1S/C8H13ClO/c9-4-8(5-10-6-8)7-2-1-3-7/h7H,1-6H2. The highest BCUT2D eigenvalue weighted by Crippen LogP contribution is 2.47. The van der Waals surface area contributed by atoms with E-state index in [4.69, 9.17) is 16.3 Å². The molecular formula is C8H13ClO. The first-order chi connectivity index (χ1) is 4.87. The molecule has 1 saturated carbocycles. The van der Waals surface area contributed by atoms with Gasteiger partial charge in [-0.1, -0.05) is 6.42 Å². The molecule has 2 rings (SSSR count). The van der Waals surface area contributed by atoms with Gasteiger partial charge in [0.15, 0.2) is 0 Å². The lowest BCUT2D eigenvalue weighted by Gasteiger charge is -2.49. The summed E-state index contributed by atoms with van der Waals surface area (Å²) in [7, 11) is 0. The van der Waals surface area contributed by atoms with Gasteiger partial charge in [0, 0.05) is 11.3 Å². The number of hydrogen-bond donors (Lipinski definition) is 0. The van der Waals surface area contributed by atoms with Crippen LogP contribution in [0.25, 0.3) is 0 Å². The maximum absolute atomic E-state index is 5.89. The molecule has 1 saturated heterocycles. The van der Waals surface area contributed by atoms with Crippen LogP contribution in [-0.4, -0.2) is 19.1 Å². The molecule has 1 aliphatic heterocycles. The lowest BCUT2D eigenvalue weighted by Crippen LogP contribution is -2.52. The van der Waals surface area contributed by atoms with Gasteiger partial charge in [-0.05, 0) is 18.8 Å². The zero-order chi connectivity index (χ0) is 7.03. The van der Waals surface area contributed by atoms with Gasteiger partial charge >= 0.3 is 0 Å². The van der Waals surface area contributed by atoms with Crippen molar-refractivity contribution in [1.29, 1.82) is 0 Å². The molecule has 58 valence electrons. The summed E-state index contributed by atoms with van der Waals surface area (Å²) in [5.74, 6) is 1.69. The third-order valence-electron chi connectivity index (χ3n) is 3.02. The molecule has 1 nitrogen and oxygen atoms in total. The van der Waals surface area contributed by atoms with Crippen LogP contribution in [0.5, 0.6) is 0 Å². The monoisotopic (exact) mass is 160 g/mol. The molecule has 2 aliphatic rings. The van der Waals surface area contributed by atoms with Crippen molar-refractivity contribution >= 4 is 11.6 Å². The minimum Gasteiger partial charge on any atom is -0.380 e. The minimum absolute atomic E-state index is 0.403. The van der Waals surface area contributed by atoms with Crippen LogP contribution in [-0.2, 0) is 4.74 Å². The fourth-order valence-electron chi connectivity index (χ4n) is 1.81. The molecule has 1 aliphatic carbocycles. The van der Waals surface area contributed by atoms with Gasteiger partial charge in [0.25, 0.3) is 0 Å². The summed E-state index contributed by atoms with van der Waals surface area (Å²) in [6.07, 6.45) is 4.18. The summed E-state index contributed by atoms with van der Waals surface area (Å²) in [6.45, 7) is 1.84. The third-order valence-corrected chi connectivity index (χ3v) is 3.55. The van der Waals surface area contributed by atoms with Crippen molar-refractivity contribution in [1.82, 2.24) is 0 Å².